The molecule has 0 unspecified atom stereocenters. The lowest BCUT2D eigenvalue weighted by molar-refractivity contribution is -0.128. The third kappa shape index (κ3) is 6.16. The molecule has 3 atom stereocenters. The molecular formula is C18H29NO3. The predicted molar refractivity (Wildman–Crippen MR) is 88.4 cm³/mol. The number of aliphatic hydroxyl groups excluding tert-OH is 1. The van der Waals surface area contributed by atoms with Crippen LogP contribution in [-0.4, -0.2) is 30.3 Å². The summed E-state index contributed by atoms with van der Waals surface area (Å²) in [5.41, 5.74) is 0.980. The van der Waals surface area contributed by atoms with Crippen LogP contribution in [0.5, 0.6) is 0 Å². The van der Waals surface area contributed by atoms with Gasteiger partial charge in [0.15, 0.2) is 0 Å². The molecule has 1 amide bonds. The molecule has 0 saturated heterocycles. The normalized spacial score (nSPS) is 15.9. The topological polar surface area (TPSA) is 58.6 Å². The minimum absolute atomic E-state index is 0.0392. The van der Waals surface area contributed by atoms with Crippen LogP contribution < -0.4 is 5.32 Å². The highest BCUT2D eigenvalue weighted by atomic mass is 16.5. The number of hydrogen-bond donors (Lipinski definition) is 2. The fourth-order valence-corrected chi connectivity index (χ4v) is 1.90. The monoisotopic (exact) mass is 307 g/mol. The van der Waals surface area contributed by atoms with E-state index in [1.165, 1.54) is 0 Å². The molecule has 1 aromatic carbocycles. The molecule has 0 radical (unpaired) electrons. The molecule has 0 aliphatic heterocycles. The number of rotatable bonds is 7. The fraction of sp³-hybridized carbons (Fsp3) is 0.611. The smallest absolute Gasteiger partial charge is 0.223 e. The Morgan fingerprint density at radius 1 is 1.23 bits per heavy atom. The Hall–Kier alpha value is -1.39. The van der Waals surface area contributed by atoms with E-state index < -0.39 is 6.10 Å². The molecule has 22 heavy (non-hydrogen) atoms. The Labute approximate surface area is 133 Å². The zero-order valence-corrected chi connectivity index (χ0v) is 14.3. The minimum Gasteiger partial charge on any atom is -0.389 e. The van der Waals surface area contributed by atoms with Crippen LogP contribution in [-0.2, 0) is 9.53 Å². The van der Waals surface area contributed by atoms with E-state index in [4.69, 9.17) is 4.74 Å². The highest BCUT2D eigenvalue weighted by molar-refractivity contribution is 5.78. The summed E-state index contributed by atoms with van der Waals surface area (Å²) >= 11 is 0. The summed E-state index contributed by atoms with van der Waals surface area (Å²) in [7, 11) is 0. The number of amides is 1. The van der Waals surface area contributed by atoms with Gasteiger partial charge >= 0.3 is 0 Å². The van der Waals surface area contributed by atoms with Crippen molar-refractivity contribution >= 4 is 5.91 Å². The second-order valence-electron chi connectivity index (χ2n) is 6.87. The Morgan fingerprint density at radius 2 is 1.82 bits per heavy atom. The van der Waals surface area contributed by atoms with Gasteiger partial charge < -0.3 is 15.2 Å². The lowest BCUT2D eigenvalue weighted by atomic mass is 9.81. The summed E-state index contributed by atoms with van der Waals surface area (Å²) in [5, 5.41) is 12.7. The van der Waals surface area contributed by atoms with Crippen LogP contribution in [0.1, 0.15) is 46.3 Å². The van der Waals surface area contributed by atoms with Crippen molar-refractivity contribution in [2.75, 3.05) is 13.2 Å². The van der Waals surface area contributed by atoms with Crippen LogP contribution in [0.4, 0.5) is 0 Å². The quantitative estimate of drug-likeness (QED) is 0.814. The van der Waals surface area contributed by atoms with Crippen molar-refractivity contribution in [1.82, 2.24) is 5.32 Å². The Kier molecular flexibility index (Phi) is 7.04. The first-order chi connectivity index (χ1) is 10.2. The average molecular weight is 307 g/mol. The Bertz CT molecular complexity index is 453. The number of ether oxygens (including phenoxy) is 1. The van der Waals surface area contributed by atoms with Gasteiger partial charge in [0, 0.05) is 12.5 Å². The van der Waals surface area contributed by atoms with Crippen LogP contribution in [0.3, 0.4) is 0 Å². The molecule has 1 aromatic rings. The van der Waals surface area contributed by atoms with Crippen molar-refractivity contribution in [2.24, 2.45) is 11.3 Å². The van der Waals surface area contributed by atoms with Gasteiger partial charge in [-0.2, -0.15) is 0 Å². The van der Waals surface area contributed by atoms with Crippen molar-refractivity contribution in [2.45, 2.75) is 46.8 Å². The zero-order chi connectivity index (χ0) is 16.8. The largest absolute Gasteiger partial charge is 0.389 e. The first kappa shape index (κ1) is 18.7. The summed E-state index contributed by atoms with van der Waals surface area (Å²) < 4.78 is 5.65. The molecule has 2 N–H and O–H groups in total. The maximum atomic E-state index is 12.0. The molecule has 4 heteroatoms. The molecular weight excluding hydrogens is 278 g/mol. The van der Waals surface area contributed by atoms with Crippen LogP contribution in [0, 0.1) is 11.3 Å². The van der Waals surface area contributed by atoms with Gasteiger partial charge in [-0.25, -0.2) is 0 Å². The van der Waals surface area contributed by atoms with Crippen LogP contribution in [0.2, 0.25) is 0 Å². The summed E-state index contributed by atoms with van der Waals surface area (Å²) in [6.45, 7) is 10.3. The molecule has 124 valence electrons. The molecule has 0 aliphatic rings. The van der Waals surface area contributed by atoms with Gasteiger partial charge in [0.2, 0.25) is 5.91 Å². The maximum absolute atomic E-state index is 12.0. The van der Waals surface area contributed by atoms with Crippen molar-refractivity contribution in [3.05, 3.63) is 35.9 Å². The summed E-state index contributed by atoms with van der Waals surface area (Å²) in [6, 6.07) is 9.85. The van der Waals surface area contributed by atoms with E-state index in [1.54, 1.807) is 0 Å². The van der Waals surface area contributed by atoms with E-state index >= 15 is 0 Å². The van der Waals surface area contributed by atoms with Crippen molar-refractivity contribution in [1.29, 1.82) is 0 Å². The molecule has 0 aromatic heterocycles. The van der Waals surface area contributed by atoms with Gasteiger partial charge in [0.1, 0.15) is 0 Å². The molecule has 0 fully saturated rings. The number of hydrogen-bond acceptors (Lipinski definition) is 3. The highest BCUT2D eigenvalue weighted by Crippen LogP contribution is 2.25. The predicted octanol–water partition coefficient (Wildman–Crippen LogP) is 2.92. The van der Waals surface area contributed by atoms with Gasteiger partial charge in [-0.15, -0.1) is 0 Å². The van der Waals surface area contributed by atoms with Gasteiger partial charge in [0.25, 0.3) is 0 Å². The first-order valence-electron chi connectivity index (χ1n) is 7.84. The molecule has 0 bridgehead atoms. The zero-order valence-electron chi connectivity index (χ0n) is 14.3. The summed E-state index contributed by atoms with van der Waals surface area (Å²) in [5.74, 6) is -0.147. The Balaban J connectivity index is 2.32. The van der Waals surface area contributed by atoms with Gasteiger partial charge in [-0.1, -0.05) is 58.0 Å². The number of carbonyl (C=O) groups is 1. The molecule has 4 nitrogen and oxygen atoms in total. The SMILES string of the molecule is C[C@H](OC[C@H](O)CNC(=O)[C@@H](C)C(C)(C)C)c1ccccc1. The molecule has 1 rings (SSSR count). The molecule has 0 heterocycles. The van der Waals surface area contributed by atoms with E-state index in [1.807, 2.05) is 65.0 Å². The van der Waals surface area contributed by atoms with E-state index in [9.17, 15) is 9.90 Å². The van der Waals surface area contributed by atoms with Crippen LogP contribution >= 0.6 is 0 Å². The van der Waals surface area contributed by atoms with Crippen molar-refractivity contribution < 1.29 is 14.6 Å². The highest BCUT2D eigenvalue weighted by Gasteiger charge is 2.26. The van der Waals surface area contributed by atoms with E-state index in [-0.39, 0.29) is 36.5 Å². The molecule has 0 saturated carbocycles. The van der Waals surface area contributed by atoms with E-state index in [0.29, 0.717) is 0 Å². The molecule has 0 spiro atoms. The van der Waals surface area contributed by atoms with Gasteiger partial charge in [0.05, 0.1) is 18.8 Å². The van der Waals surface area contributed by atoms with Gasteiger partial charge in [-0.3, -0.25) is 4.79 Å². The third-order valence-corrected chi connectivity index (χ3v) is 4.01. The number of nitrogens with one attached hydrogen (secondary N) is 1. The summed E-state index contributed by atoms with van der Waals surface area (Å²) in [6.07, 6.45) is -0.790. The minimum atomic E-state index is -0.706. The third-order valence-electron chi connectivity index (χ3n) is 4.01. The fourth-order valence-electron chi connectivity index (χ4n) is 1.90. The maximum Gasteiger partial charge on any atom is 0.223 e. The molecule has 0 aliphatic carbocycles. The number of aliphatic hydroxyl groups is 1. The van der Waals surface area contributed by atoms with Gasteiger partial charge in [-0.05, 0) is 17.9 Å². The second-order valence-corrected chi connectivity index (χ2v) is 6.87. The van der Waals surface area contributed by atoms with Crippen LogP contribution in [0.25, 0.3) is 0 Å². The Morgan fingerprint density at radius 3 is 2.36 bits per heavy atom. The second kappa shape index (κ2) is 8.30. The number of carbonyl (C=O) groups excluding carboxylic acids is 1. The standard InChI is InChI=1S/C18H29NO3/c1-13(18(3,4)5)17(21)19-11-16(20)12-22-14(2)15-9-7-6-8-10-15/h6-10,13-14,16,20H,11-12H2,1-5H3,(H,19,21)/t13-,14+,16-/m1/s1. The lowest BCUT2D eigenvalue weighted by Gasteiger charge is -2.26. The summed E-state index contributed by atoms with van der Waals surface area (Å²) in [4.78, 5) is 12.0. The van der Waals surface area contributed by atoms with E-state index in [2.05, 4.69) is 5.32 Å². The van der Waals surface area contributed by atoms with E-state index in [0.717, 1.165) is 5.56 Å². The lowest BCUT2D eigenvalue weighted by Crippen LogP contribution is -2.41. The van der Waals surface area contributed by atoms with Crippen LogP contribution in [0.15, 0.2) is 30.3 Å². The van der Waals surface area contributed by atoms with Crippen molar-refractivity contribution in [3.63, 3.8) is 0 Å². The van der Waals surface area contributed by atoms with Crippen molar-refractivity contribution in [3.8, 4) is 0 Å². The number of benzene rings is 1. The first-order valence-corrected chi connectivity index (χ1v) is 7.84. The average Bonchev–Trinajstić information content (AvgIpc) is 2.49.